The third-order valence-corrected chi connectivity index (χ3v) is 3.70. The van der Waals surface area contributed by atoms with Crippen molar-refractivity contribution in [2.75, 3.05) is 26.7 Å². The van der Waals surface area contributed by atoms with E-state index < -0.39 is 0 Å². The minimum Gasteiger partial charge on any atom is -0.481 e. The zero-order valence-corrected chi connectivity index (χ0v) is 12.9. The Labute approximate surface area is 122 Å². The zero-order valence-electron chi connectivity index (χ0n) is 12.9. The van der Waals surface area contributed by atoms with Crippen molar-refractivity contribution in [3.63, 3.8) is 0 Å². The van der Waals surface area contributed by atoms with Crippen molar-refractivity contribution >= 4 is 0 Å². The summed E-state index contributed by atoms with van der Waals surface area (Å²) >= 11 is 0. The number of nitrogens with zero attached hydrogens (tertiary/aromatic N) is 2. The fraction of sp³-hybridized carbons (Fsp3) is 0.688. The molecule has 1 aliphatic heterocycles. The first-order valence-corrected chi connectivity index (χ1v) is 7.62. The summed E-state index contributed by atoms with van der Waals surface area (Å²) in [5.41, 5.74) is 1.17. The summed E-state index contributed by atoms with van der Waals surface area (Å²) in [6, 6.07) is 4.73. The maximum Gasteiger partial charge on any atom is 0.217 e. The van der Waals surface area contributed by atoms with Crippen molar-refractivity contribution in [2.24, 2.45) is 5.92 Å². The molecular formula is C16H27N3O. The third kappa shape index (κ3) is 4.46. The highest BCUT2D eigenvalue weighted by Gasteiger charge is 2.19. The van der Waals surface area contributed by atoms with E-state index in [1.54, 1.807) is 13.3 Å². The second-order valence-corrected chi connectivity index (χ2v) is 6.05. The number of ether oxygens (including phenoxy) is 1. The summed E-state index contributed by atoms with van der Waals surface area (Å²) in [4.78, 5) is 6.82. The van der Waals surface area contributed by atoms with Gasteiger partial charge in [-0.15, -0.1) is 0 Å². The monoisotopic (exact) mass is 277 g/mol. The number of rotatable bonds is 7. The van der Waals surface area contributed by atoms with Gasteiger partial charge in [-0.1, -0.05) is 19.9 Å². The molecule has 1 aliphatic rings. The van der Waals surface area contributed by atoms with E-state index in [2.05, 4.69) is 35.1 Å². The molecule has 1 saturated heterocycles. The van der Waals surface area contributed by atoms with Gasteiger partial charge in [0.1, 0.15) is 0 Å². The Bertz CT molecular complexity index is 402. The van der Waals surface area contributed by atoms with E-state index in [1.165, 1.54) is 18.4 Å². The van der Waals surface area contributed by atoms with Gasteiger partial charge in [-0.2, -0.15) is 0 Å². The van der Waals surface area contributed by atoms with Gasteiger partial charge in [0.15, 0.2) is 0 Å². The van der Waals surface area contributed by atoms with Crippen LogP contribution in [0.2, 0.25) is 0 Å². The molecule has 2 heterocycles. The normalized spacial score (nSPS) is 18.9. The summed E-state index contributed by atoms with van der Waals surface area (Å²) in [6.07, 6.45) is 4.38. The molecule has 1 fully saturated rings. The lowest BCUT2D eigenvalue weighted by Gasteiger charge is -2.27. The fourth-order valence-electron chi connectivity index (χ4n) is 2.91. The molecule has 0 aliphatic carbocycles. The van der Waals surface area contributed by atoms with E-state index in [4.69, 9.17) is 4.74 Å². The van der Waals surface area contributed by atoms with Gasteiger partial charge in [-0.3, -0.25) is 4.90 Å². The van der Waals surface area contributed by atoms with Crippen LogP contribution in [0.3, 0.4) is 0 Å². The van der Waals surface area contributed by atoms with Crippen molar-refractivity contribution in [1.82, 2.24) is 15.2 Å². The van der Waals surface area contributed by atoms with E-state index >= 15 is 0 Å². The van der Waals surface area contributed by atoms with Crippen LogP contribution in [0.4, 0.5) is 0 Å². The summed E-state index contributed by atoms with van der Waals surface area (Å²) in [6.45, 7) is 8.83. The van der Waals surface area contributed by atoms with Crippen LogP contribution in [0, 0.1) is 5.92 Å². The van der Waals surface area contributed by atoms with Crippen LogP contribution in [0.15, 0.2) is 18.3 Å². The lowest BCUT2D eigenvalue weighted by molar-refractivity contribution is 0.213. The molecule has 1 N–H and O–H groups in total. The first kappa shape index (κ1) is 15.3. The lowest BCUT2D eigenvalue weighted by atomic mass is 10.1. The van der Waals surface area contributed by atoms with E-state index in [-0.39, 0.29) is 0 Å². The highest BCUT2D eigenvalue weighted by atomic mass is 16.5. The van der Waals surface area contributed by atoms with E-state index in [0.717, 1.165) is 32.1 Å². The first-order valence-electron chi connectivity index (χ1n) is 7.62. The molecule has 1 atom stereocenters. The van der Waals surface area contributed by atoms with E-state index in [0.29, 0.717) is 12.0 Å². The first-order chi connectivity index (χ1) is 9.69. The highest BCUT2D eigenvalue weighted by molar-refractivity contribution is 5.25. The Morgan fingerprint density at radius 3 is 3.00 bits per heavy atom. The summed E-state index contributed by atoms with van der Waals surface area (Å²) < 4.78 is 5.37. The Kier molecular flexibility index (Phi) is 5.80. The maximum atomic E-state index is 5.37. The molecule has 0 amide bonds. The number of hydrogen-bond acceptors (Lipinski definition) is 4. The summed E-state index contributed by atoms with van der Waals surface area (Å²) in [5.74, 6) is 1.42. The molecule has 2 rings (SSSR count). The largest absolute Gasteiger partial charge is 0.481 e. The second-order valence-electron chi connectivity index (χ2n) is 6.05. The van der Waals surface area contributed by atoms with Crippen LogP contribution < -0.4 is 10.1 Å². The molecule has 0 bridgehead atoms. The number of methoxy groups -OCH3 is 1. The minimum atomic E-state index is 0.636. The fourth-order valence-corrected chi connectivity index (χ4v) is 2.91. The van der Waals surface area contributed by atoms with Crippen molar-refractivity contribution in [3.05, 3.63) is 23.9 Å². The molecule has 20 heavy (non-hydrogen) atoms. The van der Waals surface area contributed by atoms with E-state index in [9.17, 15) is 0 Å². The average molecular weight is 277 g/mol. The molecule has 0 radical (unpaired) electrons. The molecule has 0 spiro atoms. The third-order valence-electron chi connectivity index (χ3n) is 3.70. The highest BCUT2D eigenvalue weighted by Crippen LogP contribution is 2.18. The molecule has 1 unspecified atom stereocenters. The average Bonchev–Trinajstić information content (AvgIpc) is 2.91. The maximum absolute atomic E-state index is 5.37. The topological polar surface area (TPSA) is 37.4 Å². The van der Waals surface area contributed by atoms with Crippen molar-refractivity contribution in [1.29, 1.82) is 0 Å². The molecule has 4 heteroatoms. The molecule has 0 aromatic carbocycles. The molecule has 0 saturated carbocycles. The molecular weight excluding hydrogens is 250 g/mol. The lowest BCUT2D eigenvalue weighted by Crippen LogP contribution is -2.39. The van der Waals surface area contributed by atoms with Gasteiger partial charge in [-0.05, 0) is 31.4 Å². The SMILES string of the molecule is COc1ncccc1CN(CC(C)C)CC1CCCN1. The van der Waals surface area contributed by atoms with Crippen LogP contribution in [-0.4, -0.2) is 42.7 Å². The van der Waals surface area contributed by atoms with Gasteiger partial charge >= 0.3 is 0 Å². The molecule has 1 aromatic rings. The van der Waals surface area contributed by atoms with Gasteiger partial charge in [0.05, 0.1) is 7.11 Å². The van der Waals surface area contributed by atoms with E-state index in [1.807, 2.05) is 6.07 Å². The van der Waals surface area contributed by atoms with Crippen molar-refractivity contribution < 1.29 is 4.74 Å². The smallest absolute Gasteiger partial charge is 0.217 e. The predicted octanol–water partition coefficient (Wildman–Crippen LogP) is 2.30. The zero-order chi connectivity index (χ0) is 14.4. The number of hydrogen-bond donors (Lipinski definition) is 1. The number of nitrogens with one attached hydrogen (secondary N) is 1. The molecule has 4 nitrogen and oxygen atoms in total. The standard InChI is InChI=1S/C16H27N3O/c1-13(2)10-19(12-15-7-5-8-17-15)11-14-6-4-9-18-16(14)20-3/h4,6,9,13,15,17H,5,7-8,10-12H2,1-3H3. The summed E-state index contributed by atoms with van der Waals surface area (Å²) in [5, 5.41) is 3.59. The van der Waals surface area contributed by atoms with Crippen LogP contribution >= 0.6 is 0 Å². The van der Waals surface area contributed by atoms with Crippen molar-refractivity contribution in [3.8, 4) is 5.88 Å². The van der Waals surface area contributed by atoms with Crippen LogP contribution in [0.1, 0.15) is 32.3 Å². The van der Waals surface area contributed by atoms with Gasteiger partial charge in [0.25, 0.3) is 0 Å². The van der Waals surface area contributed by atoms with Crippen LogP contribution in [-0.2, 0) is 6.54 Å². The van der Waals surface area contributed by atoms with Gasteiger partial charge < -0.3 is 10.1 Å². The van der Waals surface area contributed by atoms with Crippen molar-refractivity contribution in [2.45, 2.75) is 39.3 Å². The van der Waals surface area contributed by atoms with Gasteiger partial charge in [0.2, 0.25) is 5.88 Å². The Balaban J connectivity index is 2.01. The Morgan fingerprint density at radius 2 is 2.35 bits per heavy atom. The number of pyridine rings is 1. The van der Waals surface area contributed by atoms with Gasteiger partial charge in [-0.25, -0.2) is 4.98 Å². The Hall–Kier alpha value is -1.13. The van der Waals surface area contributed by atoms with Crippen LogP contribution in [0.25, 0.3) is 0 Å². The predicted molar refractivity (Wildman–Crippen MR) is 81.9 cm³/mol. The Morgan fingerprint density at radius 1 is 1.50 bits per heavy atom. The minimum absolute atomic E-state index is 0.636. The summed E-state index contributed by atoms with van der Waals surface area (Å²) in [7, 11) is 1.69. The van der Waals surface area contributed by atoms with Crippen LogP contribution in [0.5, 0.6) is 5.88 Å². The number of aromatic nitrogens is 1. The second kappa shape index (κ2) is 7.60. The molecule has 112 valence electrons. The quantitative estimate of drug-likeness (QED) is 0.830. The molecule has 1 aromatic heterocycles. The van der Waals surface area contributed by atoms with Gasteiger partial charge in [0, 0.05) is 37.4 Å².